The molecule has 1 aliphatic rings. The molecule has 0 radical (unpaired) electrons. The van der Waals surface area contributed by atoms with Gasteiger partial charge in [-0.25, -0.2) is 8.42 Å². The summed E-state index contributed by atoms with van der Waals surface area (Å²) >= 11 is 11.9. The third-order valence-electron chi connectivity index (χ3n) is 3.62. The van der Waals surface area contributed by atoms with Gasteiger partial charge in [0.25, 0.3) is 0 Å². The average molecular weight is 417 g/mol. The van der Waals surface area contributed by atoms with E-state index >= 15 is 0 Å². The van der Waals surface area contributed by atoms with E-state index in [-0.39, 0.29) is 58.8 Å². The van der Waals surface area contributed by atoms with Gasteiger partial charge in [-0.05, 0) is 19.1 Å². The minimum atomic E-state index is -3.73. The van der Waals surface area contributed by atoms with Crippen LogP contribution in [0.1, 0.15) is 13.3 Å². The van der Waals surface area contributed by atoms with Crippen molar-refractivity contribution < 1.29 is 13.2 Å². The fraction of sp³-hybridized carbons (Fsp3) is 0.500. The minimum absolute atomic E-state index is 0. The molecule has 6 nitrogen and oxygen atoms in total. The lowest BCUT2D eigenvalue weighted by molar-refractivity contribution is -0.132. The van der Waals surface area contributed by atoms with E-state index in [4.69, 9.17) is 28.9 Å². The Bertz CT molecular complexity index is 690. The van der Waals surface area contributed by atoms with Crippen molar-refractivity contribution in [3.8, 4) is 0 Å². The molecule has 0 spiro atoms. The average Bonchev–Trinajstić information content (AvgIpc) is 2.49. The van der Waals surface area contributed by atoms with E-state index in [1.54, 1.807) is 17.9 Å². The minimum Gasteiger partial charge on any atom is -0.340 e. The van der Waals surface area contributed by atoms with Crippen molar-refractivity contribution in [2.24, 2.45) is 5.73 Å². The molecule has 1 heterocycles. The number of amides is 1. The predicted molar refractivity (Wildman–Crippen MR) is 97.3 cm³/mol. The van der Waals surface area contributed by atoms with E-state index in [0.29, 0.717) is 13.1 Å². The number of hydrogen-bond donors (Lipinski definition) is 1. The zero-order valence-corrected chi connectivity index (χ0v) is 16.3. The van der Waals surface area contributed by atoms with Crippen LogP contribution in [0.15, 0.2) is 23.1 Å². The maximum Gasteiger partial charge on any atom is 0.244 e. The van der Waals surface area contributed by atoms with Gasteiger partial charge < -0.3 is 10.6 Å². The molecular weight excluding hydrogens is 397 g/mol. The summed E-state index contributed by atoms with van der Waals surface area (Å²) in [5.74, 6) is -0.0576. The molecular formula is C14H20Cl3N3O3S. The third kappa shape index (κ3) is 4.74. The van der Waals surface area contributed by atoms with Crippen LogP contribution in [0, 0.1) is 0 Å². The number of hydrogen-bond acceptors (Lipinski definition) is 4. The van der Waals surface area contributed by atoms with Crippen molar-refractivity contribution in [3.05, 3.63) is 28.2 Å². The van der Waals surface area contributed by atoms with Gasteiger partial charge >= 0.3 is 0 Å². The number of benzene rings is 1. The molecule has 1 aliphatic heterocycles. The molecule has 1 aromatic rings. The molecule has 1 fully saturated rings. The standard InChI is InChI=1S/C14H19Cl2N3O3S.ClH/c1-10(17)9-13(20)18-5-7-19(8-6-18)23(21,22)12-4-2-3-11(15)14(12)16;/h2-4,10H,5-9,17H2,1H3;1H. The Balaban J connectivity index is 0.00000288. The monoisotopic (exact) mass is 415 g/mol. The lowest BCUT2D eigenvalue weighted by Crippen LogP contribution is -2.51. The normalized spacial score (nSPS) is 17.2. The summed E-state index contributed by atoms with van der Waals surface area (Å²) in [7, 11) is -3.73. The van der Waals surface area contributed by atoms with Gasteiger partial charge in [0, 0.05) is 38.6 Å². The Morgan fingerprint density at radius 2 is 1.83 bits per heavy atom. The Morgan fingerprint density at radius 3 is 2.38 bits per heavy atom. The molecule has 0 aromatic heterocycles. The van der Waals surface area contributed by atoms with Gasteiger partial charge in [-0.3, -0.25) is 4.79 Å². The van der Waals surface area contributed by atoms with Crippen molar-refractivity contribution in [3.63, 3.8) is 0 Å². The molecule has 136 valence electrons. The second-order valence-corrected chi connectivity index (χ2v) is 8.21. The number of halogens is 3. The first kappa shape index (κ1) is 21.5. The number of piperazine rings is 1. The van der Waals surface area contributed by atoms with Gasteiger partial charge in [0.15, 0.2) is 0 Å². The van der Waals surface area contributed by atoms with Crippen LogP contribution in [0.4, 0.5) is 0 Å². The number of nitrogens with two attached hydrogens (primary N) is 1. The highest BCUT2D eigenvalue weighted by atomic mass is 35.5. The summed E-state index contributed by atoms with van der Waals surface area (Å²) in [4.78, 5) is 13.6. The highest BCUT2D eigenvalue weighted by Crippen LogP contribution is 2.31. The van der Waals surface area contributed by atoms with Crippen molar-refractivity contribution in [1.29, 1.82) is 0 Å². The number of carbonyl (C=O) groups is 1. The van der Waals surface area contributed by atoms with Crippen LogP contribution in [-0.2, 0) is 14.8 Å². The Labute approximate surface area is 158 Å². The number of nitrogens with zero attached hydrogens (tertiary/aromatic N) is 2. The van der Waals surface area contributed by atoms with Crippen molar-refractivity contribution in [2.75, 3.05) is 26.2 Å². The molecule has 1 saturated heterocycles. The fourth-order valence-electron chi connectivity index (χ4n) is 2.40. The Kier molecular flexibility index (Phi) is 7.77. The van der Waals surface area contributed by atoms with Gasteiger partial charge in [-0.1, -0.05) is 29.3 Å². The fourth-order valence-corrected chi connectivity index (χ4v) is 4.56. The third-order valence-corrected chi connectivity index (χ3v) is 6.49. The molecule has 1 aromatic carbocycles. The summed E-state index contributed by atoms with van der Waals surface area (Å²) < 4.78 is 26.7. The number of carbonyl (C=O) groups excluding carboxylic acids is 1. The molecule has 1 amide bonds. The molecule has 0 bridgehead atoms. The van der Waals surface area contributed by atoms with E-state index in [2.05, 4.69) is 0 Å². The molecule has 1 atom stereocenters. The molecule has 10 heteroatoms. The first-order valence-electron chi connectivity index (χ1n) is 7.21. The molecule has 24 heavy (non-hydrogen) atoms. The maximum atomic E-state index is 12.7. The zero-order valence-electron chi connectivity index (χ0n) is 13.1. The second kappa shape index (κ2) is 8.69. The van der Waals surface area contributed by atoms with Gasteiger partial charge in [-0.15, -0.1) is 12.4 Å². The van der Waals surface area contributed by atoms with Crippen LogP contribution < -0.4 is 5.73 Å². The van der Waals surface area contributed by atoms with Crippen LogP contribution in [0.2, 0.25) is 10.0 Å². The lowest BCUT2D eigenvalue weighted by Gasteiger charge is -2.34. The Morgan fingerprint density at radius 1 is 1.25 bits per heavy atom. The first-order valence-corrected chi connectivity index (χ1v) is 9.40. The SMILES string of the molecule is CC(N)CC(=O)N1CCN(S(=O)(=O)c2cccc(Cl)c2Cl)CC1.Cl. The smallest absolute Gasteiger partial charge is 0.244 e. The van der Waals surface area contributed by atoms with Crippen molar-refractivity contribution >= 4 is 51.5 Å². The molecule has 2 N–H and O–H groups in total. The van der Waals surface area contributed by atoms with Crippen LogP contribution >= 0.6 is 35.6 Å². The van der Waals surface area contributed by atoms with Crippen molar-refractivity contribution in [1.82, 2.24) is 9.21 Å². The second-order valence-electron chi connectivity index (χ2n) is 5.52. The molecule has 2 rings (SSSR count). The summed E-state index contributed by atoms with van der Waals surface area (Å²) in [6.07, 6.45) is 0.257. The molecule has 0 saturated carbocycles. The highest BCUT2D eigenvalue weighted by molar-refractivity contribution is 7.89. The quantitative estimate of drug-likeness (QED) is 0.813. The lowest BCUT2D eigenvalue weighted by atomic mass is 10.2. The summed E-state index contributed by atoms with van der Waals surface area (Å²) in [6, 6.07) is 4.29. The summed E-state index contributed by atoms with van der Waals surface area (Å²) in [5.41, 5.74) is 5.62. The maximum absolute atomic E-state index is 12.7. The van der Waals surface area contributed by atoms with Crippen LogP contribution in [0.3, 0.4) is 0 Å². The number of sulfonamides is 1. The largest absolute Gasteiger partial charge is 0.340 e. The molecule has 0 aliphatic carbocycles. The van der Waals surface area contributed by atoms with E-state index in [1.807, 2.05) is 0 Å². The van der Waals surface area contributed by atoms with Gasteiger partial charge in [0.1, 0.15) is 4.90 Å². The summed E-state index contributed by atoms with van der Waals surface area (Å²) in [5, 5.41) is 0.211. The molecule has 1 unspecified atom stereocenters. The first-order chi connectivity index (χ1) is 10.7. The van der Waals surface area contributed by atoms with E-state index in [0.717, 1.165) is 0 Å². The van der Waals surface area contributed by atoms with Gasteiger partial charge in [-0.2, -0.15) is 4.31 Å². The van der Waals surface area contributed by atoms with E-state index in [9.17, 15) is 13.2 Å². The van der Waals surface area contributed by atoms with Crippen LogP contribution in [0.25, 0.3) is 0 Å². The van der Waals surface area contributed by atoms with Crippen LogP contribution in [0.5, 0.6) is 0 Å². The topological polar surface area (TPSA) is 83.7 Å². The van der Waals surface area contributed by atoms with Gasteiger partial charge in [0.2, 0.25) is 15.9 Å². The van der Waals surface area contributed by atoms with E-state index < -0.39 is 10.0 Å². The number of rotatable bonds is 4. The van der Waals surface area contributed by atoms with Gasteiger partial charge in [0.05, 0.1) is 10.0 Å². The predicted octanol–water partition coefficient (Wildman–Crippen LogP) is 1.99. The van der Waals surface area contributed by atoms with Crippen molar-refractivity contribution in [2.45, 2.75) is 24.3 Å². The van der Waals surface area contributed by atoms with E-state index in [1.165, 1.54) is 16.4 Å². The summed E-state index contributed by atoms with van der Waals surface area (Å²) in [6.45, 7) is 2.87. The highest BCUT2D eigenvalue weighted by Gasteiger charge is 2.31. The zero-order chi connectivity index (χ0) is 17.2. The Hall–Kier alpha value is -0.570. The van der Waals surface area contributed by atoms with Crippen LogP contribution in [-0.4, -0.2) is 55.8 Å².